The third-order valence-corrected chi connectivity index (χ3v) is 7.16. The molecule has 0 spiro atoms. The Labute approximate surface area is 212 Å². The number of nitrogens with one attached hydrogen (secondary N) is 1. The number of imidazole rings is 1. The van der Waals surface area contributed by atoms with Gasteiger partial charge in [-0.25, -0.2) is 15.0 Å². The van der Waals surface area contributed by atoms with E-state index >= 15 is 0 Å². The van der Waals surface area contributed by atoms with E-state index in [1.165, 1.54) is 35.1 Å². The zero-order chi connectivity index (χ0) is 24.8. The zero-order valence-corrected chi connectivity index (χ0v) is 21.6. The summed E-state index contributed by atoms with van der Waals surface area (Å²) in [4.78, 5) is 22.4. The van der Waals surface area contributed by atoms with Crippen LogP contribution in [0.3, 0.4) is 0 Å². The van der Waals surface area contributed by atoms with Gasteiger partial charge in [0.15, 0.2) is 0 Å². The maximum absolute atomic E-state index is 6.21. The molecule has 1 fully saturated rings. The lowest BCUT2D eigenvalue weighted by Gasteiger charge is -2.26. The van der Waals surface area contributed by atoms with Crippen molar-refractivity contribution >= 4 is 16.9 Å². The van der Waals surface area contributed by atoms with Crippen LogP contribution in [0, 0.1) is 19.8 Å². The molecule has 2 aromatic carbocycles. The average molecular weight is 483 g/mol. The highest BCUT2D eigenvalue weighted by atomic mass is 16.5. The van der Waals surface area contributed by atoms with E-state index in [-0.39, 0.29) is 0 Å². The van der Waals surface area contributed by atoms with Gasteiger partial charge in [-0.3, -0.25) is 0 Å². The van der Waals surface area contributed by atoms with E-state index in [0.717, 1.165) is 71.9 Å². The van der Waals surface area contributed by atoms with Crippen LogP contribution in [0.5, 0.6) is 5.75 Å². The minimum Gasteiger partial charge on any atom is -0.491 e. The molecule has 7 heteroatoms. The Bertz CT molecular complexity index is 1420. The van der Waals surface area contributed by atoms with Gasteiger partial charge in [-0.1, -0.05) is 12.1 Å². The number of aryl methyl sites for hydroxylation is 2. The Morgan fingerprint density at radius 1 is 1.03 bits per heavy atom. The van der Waals surface area contributed by atoms with E-state index in [4.69, 9.17) is 14.7 Å². The van der Waals surface area contributed by atoms with Crippen LogP contribution < -0.4 is 9.64 Å². The molecule has 0 unspecified atom stereocenters. The zero-order valence-electron chi connectivity index (χ0n) is 21.6. The molecule has 2 aromatic heterocycles. The summed E-state index contributed by atoms with van der Waals surface area (Å²) in [6.45, 7) is 7.09. The quantitative estimate of drug-likeness (QED) is 0.415. The van der Waals surface area contributed by atoms with Gasteiger partial charge in [0.1, 0.15) is 29.8 Å². The van der Waals surface area contributed by atoms with Gasteiger partial charge >= 0.3 is 0 Å². The number of anilines is 1. The SMILES string of the molecule is Cc1nc2ccc(-c3ccc4c(c3)CN(c3nc(CN(C)C)nc(C)c3CC3CC3)CCO4)cc2[nH]1. The molecular formula is C29H34N6O. The summed E-state index contributed by atoms with van der Waals surface area (Å²) in [5, 5.41) is 0. The molecular weight excluding hydrogens is 448 g/mol. The molecule has 1 saturated carbocycles. The number of benzene rings is 2. The highest BCUT2D eigenvalue weighted by Gasteiger charge is 2.28. The number of aromatic amines is 1. The molecule has 4 aromatic rings. The minimum atomic E-state index is 0.640. The van der Waals surface area contributed by atoms with Gasteiger partial charge < -0.3 is 19.5 Å². The number of ether oxygens (including phenoxy) is 1. The van der Waals surface area contributed by atoms with Gasteiger partial charge in [0.25, 0.3) is 0 Å². The fourth-order valence-electron chi connectivity index (χ4n) is 5.17. The monoisotopic (exact) mass is 482 g/mol. The lowest BCUT2D eigenvalue weighted by Crippen LogP contribution is -2.29. The predicted molar refractivity (Wildman–Crippen MR) is 143 cm³/mol. The second-order valence-corrected chi connectivity index (χ2v) is 10.6. The van der Waals surface area contributed by atoms with Crippen molar-refractivity contribution in [3.05, 3.63) is 64.9 Å². The smallest absolute Gasteiger partial charge is 0.144 e. The van der Waals surface area contributed by atoms with Gasteiger partial charge in [0.2, 0.25) is 0 Å². The summed E-state index contributed by atoms with van der Waals surface area (Å²) in [7, 11) is 4.13. The molecule has 1 aliphatic heterocycles. The lowest BCUT2D eigenvalue weighted by atomic mass is 10.0. The van der Waals surface area contributed by atoms with E-state index in [0.29, 0.717) is 6.61 Å². The maximum Gasteiger partial charge on any atom is 0.144 e. The van der Waals surface area contributed by atoms with Crippen molar-refractivity contribution in [2.45, 2.75) is 46.2 Å². The van der Waals surface area contributed by atoms with Crippen LogP contribution in [0.2, 0.25) is 0 Å². The Morgan fingerprint density at radius 2 is 1.83 bits per heavy atom. The summed E-state index contributed by atoms with van der Waals surface area (Å²) in [6.07, 6.45) is 3.69. The Morgan fingerprint density at radius 3 is 2.64 bits per heavy atom. The van der Waals surface area contributed by atoms with E-state index in [2.05, 4.69) is 77.2 Å². The van der Waals surface area contributed by atoms with Crippen LogP contribution in [0.25, 0.3) is 22.2 Å². The van der Waals surface area contributed by atoms with Crippen molar-refractivity contribution in [1.82, 2.24) is 24.8 Å². The number of nitrogens with zero attached hydrogens (tertiary/aromatic N) is 5. The van der Waals surface area contributed by atoms with E-state index in [1.54, 1.807) is 0 Å². The normalized spacial score (nSPS) is 15.8. The standard InChI is InChI=1S/C29H34N6O/c1-18-24(13-20-5-6-20)29(33-28(30-18)17-34(3)4)35-11-12-36-27-10-8-21(14-23(27)16-35)22-7-9-25-26(15-22)32-19(2)31-25/h7-10,14-15,20H,5-6,11-13,16-17H2,1-4H3,(H,31,32). The highest BCUT2D eigenvalue weighted by molar-refractivity contribution is 5.82. The van der Waals surface area contributed by atoms with Crippen molar-refractivity contribution in [2.75, 3.05) is 32.1 Å². The van der Waals surface area contributed by atoms with E-state index < -0.39 is 0 Å². The molecule has 36 heavy (non-hydrogen) atoms. The number of rotatable bonds is 6. The van der Waals surface area contributed by atoms with E-state index in [1.807, 2.05) is 6.92 Å². The number of H-pyrrole nitrogens is 1. The van der Waals surface area contributed by atoms with Crippen molar-refractivity contribution in [2.24, 2.45) is 5.92 Å². The fourth-order valence-corrected chi connectivity index (χ4v) is 5.17. The average Bonchev–Trinajstić information content (AvgIpc) is 3.61. The van der Waals surface area contributed by atoms with Gasteiger partial charge in [0.05, 0.1) is 24.1 Å². The van der Waals surface area contributed by atoms with Gasteiger partial charge in [0, 0.05) is 23.4 Å². The summed E-state index contributed by atoms with van der Waals surface area (Å²) < 4.78 is 6.21. The second kappa shape index (κ2) is 9.21. The lowest BCUT2D eigenvalue weighted by molar-refractivity contribution is 0.331. The molecule has 3 heterocycles. The number of hydrogen-bond acceptors (Lipinski definition) is 6. The first-order chi connectivity index (χ1) is 17.4. The van der Waals surface area contributed by atoms with Crippen molar-refractivity contribution < 1.29 is 4.74 Å². The summed E-state index contributed by atoms with van der Waals surface area (Å²) in [6, 6.07) is 13.0. The molecule has 0 amide bonds. The molecule has 186 valence electrons. The van der Waals surface area contributed by atoms with Crippen molar-refractivity contribution in [3.63, 3.8) is 0 Å². The van der Waals surface area contributed by atoms with Crippen molar-refractivity contribution in [1.29, 1.82) is 0 Å². The Balaban J connectivity index is 1.36. The molecule has 0 radical (unpaired) electrons. The van der Waals surface area contributed by atoms with Crippen LogP contribution >= 0.6 is 0 Å². The molecule has 0 atom stereocenters. The topological polar surface area (TPSA) is 70.2 Å². The predicted octanol–water partition coefficient (Wildman–Crippen LogP) is 5.05. The van der Waals surface area contributed by atoms with Crippen LogP contribution in [0.4, 0.5) is 5.82 Å². The Kier molecular flexibility index (Phi) is 5.88. The first-order valence-electron chi connectivity index (χ1n) is 12.9. The van der Waals surface area contributed by atoms with Crippen LogP contribution in [0.1, 0.15) is 41.3 Å². The highest BCUT2D eigenvalue weighted by Crippen LogP contribution is 2.37. The van der Waals surface area contributed by atoms with E-state index in [9.17, 15) is 0 Å². The molecule has 7 nitrogen and oxygen atoms in total. The fraction of sp³-hybridized carbons (Fsp3) is 0.414. The number of fused-ring (bicyclic) bond motifs is 2. The molecule has 6 rings (SSSR count). The van der Waals surface area contributed by atoms with Gasteiger partial charge in [-0.05, 0) is 88.5 Å². The summed E-state index contributed by atoms with van der Waals surface area (Å²) in [5.74, 6) is 4.64. The molecule has 0 saturated heterocycles. The van der Waals surface area contributed by atoms with Crippen molar-refractivity contribution in [3.8, 4) is 16.9 Å². The number of aromatic nitrogens is 4. The minimum absolute atomic E-state index is 0.640. The first-order valence-corrected chi connectivity index (χ1v) is 12.9. The largest absolute Gasteiger partial charge is 0.491 e. The number of hydrogen-bond donors (Lipinski definition) is 1. The molecule has 0 bridgehead atoms. The van der Waals surface area contributed by atoms with Gasteiger partial charge in [-0.2, -0.15) is 0 Å². The summed E-state index contributed by atoms with van der Waals surface area (Å²) >= 11 is 0. The molecule has 2 aliphatic rings. The third kappa shape index (κ3) is 4.67. The van der Waals surface area contributed by atoms with Crippen LogP contribution in [0.15, 0.2) is 36.4 Å². The Hall–Kier alpha value is -3.45. The third-order valence-electron chi connectivity index (χ3n) is 7.16. The molecule has 1 aliphatic carbocycles. The van der Waals surface area contributed by atoms with Crippen LogP contribution in [-0.2, 0) is 19.5 Å². The summed E-state index contributed by atoms with van der Waals surface area (Å²) in [5.41, 5.74) is 8.02. The van der Waals surface area contributed by atoms with Crippen LogP contribution in [-0.4, -0.2) is 52.1 Å². The maximum atomic E-state index is 6.21. The second-order valence-electron chi connectivity index (χ2n) is 10.6. The molecule has 1 N–H and O–H groups in total. The first kappa shape index (κ1) is 23.0. The van der Waals surface area contributed by atoms with Gasteiger partial charge in [-0.15, -0.1) is 0 Å².